The zero-order valence-electron chi connectivity index (χ0n) is 7.74. The summed E-state index contributed by atoms with van der Waals surface area (Å²) in [6, 6.07) is 0. The van der Waals surface area contributed by atoms with Gasteiger partial charge in [0, 0.05) is 6.54 Å². The molecule has 0 unspecified atom stereocenters. The quantitative estimate of drug-likeness (QED) is 0.738. The SMILES string of the molecule is COc1nn(CC(C)C)cc1N. The van der Waals surface area contributed by atoms with E-state index >= 15 is 0 Å². The van der Waals surface area contributed by atoms with Gasteiger partial charge in [0.25, 0.3) is 5.88 Å². The topological polar surface area (TPSA) is 53.1 Å². The van der Waals surface area contributed by atoms with Gasteiger partial charge in [0.2, 0.25) is 0 Å². The van der Waals surface area contributed by atoms with Gasteiger partial charge in [-0.2, -0.15) is 0 Å². The number of aromatic nitrogens is 2. The molecule has 68 valence electrons. The molecule has 0 saturated carbocycles. The van der Waals surface area contributed by atoms with E-state index in [1.807, 2.05) is 0 Å². The van der Waals surface area contributed by atoms with Crippen LogP contribution in [0.15, 0.2) is 6.20 Å². The van der Waals surface area contributed by atoms with Crippen LogP contribution in [-0.4, -0.2) is 16.9 Å². The van der Waals surface area contributed by atoms with Crippen LogP contribution in [0.3, 0.4) is 0 Å². The van der Waals surface area contributed by atoms with E-state index in [0.29, 0.717) is 17.5 Å². The molecule has 0 spiro atoms. The van der Waals surface area contributed by atoms with Crippen molar-refractivity contribution in [1.29, 1.82) is 0 Å². The fourth-order valence-corrected chi connectivity index (χ4v) is 1.05. The number of nitrogen functional groups attached to an aromatic ring is 1. The molecule has 12 heavy (non-hydrogen) atoms. The van der Waals surface area contributed by atoms with Crippen molar-refractivity contribution in [3.05, 3.63) is 6.20 Å². The van der Waals surface area contributed by atoms with Crippen molar-refractivity contribution in [2.24, 2.45) is 5.92 Å². The normalized spacial score (nSPS) is 10.7. The highest BCUT2D eigenvalue weighted by atomic mass is 16.5. The number of ether oxygens (including phenoxy) is 1. The second-order valence-corrected chi connectivity index (χ2v) is 3.21. The summed E-state index contributed by atoms with van der Waals surface area (Å²) in [5, 5.41) is 4.14. The Kier molecular flexibility index (Phi) is 2.58. The second kappa shape index (κ2) is 3.47. The van der Waals surface area contributed by atoms with Gasteiger partial charge in [-0.25, -0.2) is 0 Å². The van der Waals surface area contributed by atoms with Gasteiger partial charge in [0.1, 0.15) is 5.69 Å². The maximum atomic E-state index is 5.62. The van der Waals surface area contributed by atoms with Crippen molar-refractivity contribution in [2.45, 2.75) is 20.4 Å². The molecule has 4 nitrogen and oxygen atoms in total. The molecule has 1 aromatic rings. The van der Waals surface area contributed by atoms with E-state index in [4.69, 9.17) is 10.5 Å². The van der Waals surface area contributed by atoms with Crippen LogP contribution in [0.1, 0.15) is 13.8 Å². The highest BCUT2D eigenvalue weighted by Gasteiger charge is 2.05. The Labute approximate surface area is 72.3 Å². The number of nitrogens with two attached hydrogens (primary N) is 1. The fourth-order valence-electron chi connectivity index (χ4n) is 1.05. The largest absolute Gasteiger partial charge is 0.478 e. The monoisotopic (exact) mass is 169 g/mol. The van der Waals surface area contributed by atoms with Gasteiger partial charge in [-0.3, -0.25) is 4.68 Å². The predicted molar refractivity (Wildman–Crippen MR) is 48.0 cm³/mol. The Morgan fingerprint density at radius 2 is 2.33 bits per heavy atom. The molecule has 0 radical (unpaired) electrons. The Balaban J connectivity index is 2.75. The van der Waals surface area contributed by atoms with Crippen molar-refractivity contribution in [2.75, 3.05) is 12.8 Å². The smallest absolute Gasteiger partial charge is 0.255 e. The number of hydrogen-bond acceptors (Lipinski definition) is 3. The Hall–Kier alpha value is -1.19. The van der Waals surface area contributed by atoms with Crippen LogP contribution >= 0.6 is 0 Å². The van der Waals surface area contributed by atoms with Crippen molar-refractivity contribution in [3.63, 3.8) is 0 Å². The van der Waals surface area contributed by atoms with E-state index in [9.17, 15) is 0 Å². The molecule has 4 heteroatoms. The Morgan fingerprint density at radius 3 is 2.75 bits per heavy atom. The highest BCUT2D eigenvalue weighted by molar-refractivity contribution is 5.45. The van der Waals surface area contributed by atoms with Crippen molar-refractivity contribution in [1.82, 2.24) is 9.78 Å². The molecule has 0 bridgehead atoms. The first kappa shape index (κ1) is 8.90. The van der Waals surface area contributed by atoms with E-state index in [1.54, 1.807) is 18.0 Å². The second-order valence-electron chi connectivity index (χ2n) is 3.21. The minimum Gasteiger partial charge on any atom is -0.478 e. The summed E-state index contributed by atoms with van der Waals surface area (Å²) in [6.07, 6.45) is 1.79. The lowest BCUT2D eigenvalue weighted by Gasteiger charge is -2.02. The van der Waals surface area contributed by atoms with Crippen LogP contribution in [0.5, 0.6) is 5.88 Å². The van der Waals surface area contributed by atoms with E-state index in [2.05, 4.69) is 18.9 Å². The first-order chi connectivity index (χ1) is 5.63. The summed E-state index contributed by atoms with van der Waals surface area (Å²) in [4.78, 5) is 0. The molecular formula is C8H15N3O. The van der Waals surface area contributed by atoms with Crippen molar-refractivity contribution in [3.8, 4) is 5.88 Å². The van der Waals surface area contributed by atoms with Crippen LogP contribution in [0.2, 0.25) is 0 Å². The predicted octanol–water partition coefficient (Wildman–Crippen LogP) is 1.13. The van der Waals surface area contributed by atoms with Crippen molar-refractivity contribution >= 4 is 5.69 Å². The van der Waals surface area contributed by atoms with Crippen LogP contribution in [0.25, 0.3) is 0 Å². The molecule has 0 saturated heterocycles. The van der Waals surface area contributed by atoms with Gasteiger partial charge < -0.3 is 10.5 Å². The Bertz CT molecular complexity index is 255. The summed E-state index contributed by atoms with van der Waals surface area (Å²) >= 11 is 0. The number of anilines is 1. The molecular weight excluding hydrogens is 154 g/mol. The van der Waals surface area contributed by atoms with Crippen LogP contribution in [0.4, 0.5) is 5.69 Å². The average molecular weight is 169 g/mol. The molecule has 0 aliphatic rings. The summed E-state index contributed by atoms with van der Waals surface area (Å²) in [5.41, 5.74) is 6.21. The number of nitrogens with zero attached hydrogens (tertiary/aromatic N) is 2. The molecule has 0 fully saturated rings. The zero-order valence-corrected chi connectivity index (χ0v) is 7.74. The molecule has 0 amide bonds. The van der Waals surface area contributed by atoms with Crippen LogP contribution in [0, 0.1) is 5.92 Å². The first-order valence-corrected chi connectivity index (χ1v) is 4.00. The number of methoxy groups -OCH3 is 1. The maximum absolute atomic E-state index is 5.62. The standard InChI is InChI=1S/C8H15N3O/c1-6(2)4-11-5-7(9)8(10-11)12-3/h5-6H,4,9H2,1-3H3. The van der Waals surface area contributed by atoms with E-state index in [0.717, 1.165) is 6.54 Å². The van der Waals surface area contributed by atoms with Gasteiger partial charge >= 0.3 is 0 Å². The minimum atomic E-state index is 0.510. The highest BCUT2D eigenvalue weighted by Crippen LogP contribution is 2.17. The number of hydrogen-bond donors (Lipinski definition) is 1. The Morgan fingerprint density at radius 1 is 1.67 bits per heavy atom. The van der Waals surface area contributed by atoms with E-state index in [1.165, 1.54) is 0 Å². The van der Waals surface area contributed by atoms with Crippen LogP contribution < -0.4 is 10.5 Å². The summed E-state index contributed by atoms with van der Waals surface area (Å²) in [6.45, 7) is 5.13. The molecule has 0 aliphatic heterocycles. The molecule has 1 aromatic heterocycles. The summed E-state index contributed by atoms with van der Waals surface area (Å²) in [7, 11) is 1.57. The summed E-state index contributed by atoms with van der Waals surface area (Å²) < 4.78 is 6.75. The van der Waals surface area contributed by atoms with Gasteiger partial charge in [-0.1, -0.05) is 13.8 Å². The zero-order chi connectivity index (χ0) is 9.14. The summed E-state index contributed by atoms with van der Waals surface area (Å²) in [5.74, 6) is 1.07. The third-order valence-electron chi connectivity index (χ3n) is 1.50. The van der Waals surface area contributed by atoms with E-state index in [-0.39, 0.29) is 0 Å². The van der Waals surface area contributed by atoms with Gasteiger partial charge in [0.15, 0.2) is 0 Å². The fraction of sp³-hybridized carbons (Fsp3) is 0.625. The molecule has 1 heterocycles. The molecule has 1 rings (SSSR count). The van der Waals surface area contributed by atoms with Crippen LogP contribution in [-0.2, 0) is 6.54 Å². The van der Waals surface area contributed by atoms with E-state index < -0.39 is 0 Å². The molecule has 0 aliphatic carbocycles. The third-order valence-corrected chi connectivity index (χ3v) is 1.50. The first-order valence-electron chi connectivity index (χ1n) is 4.00. The van der Waals surface area contributed by atoms with Crippen molar-refractivity contribution < 1.29 is 4.74 Å². The van der Waals surface area contributed by atoms with Gasteiger partial charge in [-0.05, 0) is 5.92 Å². The minimum absolute atomic E-state index is 0.510. The van der Waals surface area contributed by atoms with Gasteiger partial charge in [-0.15, -0.1) is 5.10 Å². The maximum Gasteiger partial charge on any atom is 0.255 e. The lowest BCUT2D eigenvalue weighted by atomic mass is 10.2. The number of rotatable bonds is 3. The average Bonchev–Trinajstić information content (AvgIpc) is 2.29. The third kappa shape index (κ3) is 1.90. The lowest BCUT2D eigenvalue weighted by Crippen LogP contribution is -2.04. The lowest BCUT2D eigenvalue weighted by molar-refractivity contribution is 0.382. The molecule has 0 atom stereocenters. The molecule has 0 aromatic carbocycles. The molecule has 2 N–H and O–H groups in total. The van der Waals surface area contributed by atoms with Gasteiger partial charge in [0.05, 0.1) is 13.3 Å².